The minimum atomic E-state index is -0.791. The third-order valence-corrected chi connectivity index (χ3v) is 7.06. The molecule has 0 radical (unpaired) electrons. The molecule has 1 N–H and O–H groups in total. The van der Waals surface area contributed by atoms with Crippen molar-refractivity contribution >= 4 is 45.2 Å². The van der Waals surface area contributed by atoms with Gasteiger partial charge in [-0.25, -0.2) is 0 Å². The number of benzene rings is 3. The lowest BCUT2D eigenvalue weighted by molar-refractivity contribution is -0.133. The Hall–Kier alpha value is -3.24. The summed E-state index contributed by atoms with van der Waals surface area (Å²) in [6, 6.07) is 24.8. The molecule has 1 aliphatic rings. The normalized spacial score (nSPS) is 18.4. The van der Waals surface area contributed by atoms with Gasteiger partial charge in [0.25, 0.3) is 0 Å². The molecule has 4 aromatic rings. The molecule has 0 aliphatic heterocycles. The topological polar surface area (TPSA) is 50.4 Å². The second-order valence-electron chi connectivity index (χ2n) is 7.92. The highest BCUT2D eigenvalue weighted by Crippen LogP contribution is 2.45. The Morgan fingerprint density at radius 1 is 0.968 bits per heavy atom. The number of para-hydroxylation sites is 2. The molecule has 154 valence electrons. The van der Waals surface area contributed by atoms with Crippen LogP contribution < -0.4 is 0 Å². The molecule has 0 amide bonds. The van der Waals surface area contributed by atoms with Crippen LogP contribution in [-0.4, -0.2) is 22.6 Å². The van der Waals surface area contributed by atoms with Gasteiger partial charge in [0, 0.05) is 27.5 Å². The molecule has 1 unspecified atom stereocenters. The zero-order chi connectivity index (χ0) is 21.3. The number of aliphatic carboxylic acids is 1. The maximum absolute atomic E-state index is 11.2. The molecule has 0 saturated carbocycles. The number of carboxylic acids is 1. The van der Waals surface area contributed by atoms with Crippen LogP contribution in [0, 0.1) is 0 Å². The fourth-order valence-electron chi connectivity index (χ4n) is 4.48. The number of carbonyl (C=O) groups is 1. The average molecular weight is 427 g/mol. The van der Waals surface area contributed by atoms with Crippen molar-refractivity contribution in [2.75, 3.05) is 11.5 Å². The summed E-state index contributed by atoms with van der Waals surface area (Å²) in [4.78, 5) is 11.2. The van der Waals surface area contributed by atoms with Crippen LogP contribution in [0.1, 0.15) is 17.5 Å². The molecule has 1 heterocycles. The van der Waals surface area contributed by atoms with Gasteiger partial charge in [-0.1, -0.05) is 85.0 Å². The Kier molecular flexibility index (Phi) is 5.16. The molecule has 1 atom stereocenters. The van der Waals surface area contributed by atoms with E-state index in [4.69, 9.17) is 4.42 Å². The van der Waals surface area contributed by atoms with Gasteiger partial charge in [0.05, 0.1) is 5.75 Å². The number of carboxylic acid groups (broad SMARTS) is 1. The zero-order valence-corrected chi connectivity index (χ0v) is 17.8. The fourth-order valence-corrected chi connectivity index (χ4v) is 5.47. The van der Waals surface area contributed by atoms with Crippen LogP contribution >= 0.6 is 11.8 Å². The van der Waals surface area contributed by atoms with Gasteiger partial charge in [-0.15, -0.1) is 11.8 Å². The predicted molar refractivity (Wildman–Crippen MR) is 129 cm³/mol. The number of hydrogen-bond acceptors (Lipinski definition) is 3. The van der Waals surface area contributed by atoms with E-state index in [0.717, 1.165) is 33.9 Å². The van der Waals surface area contributed by atoms with Gasteiger partial charge in [0.1, 0.15) is 11.2 Å². The highest BCUT2D eigenvalue weighted by Gasteiger charge is 2.35. The van der Waals surface area contributed by atoms with Gasteiger partial charge in [0.2, 0.25) is 0 Å². The summed E-state index contributed by atoms with van der Waals surface area (Å²) in [7, 11) is 0. The fraction of sp³-hybridized carbons (Fsp3) is 0.148. The van der Waals surface area contributed by atoms with Crippen LogP contribution in [0.15, 0.2) is 95.4 Å². The standard InChI is InChI=1S/C27H22O3S/c28-25(29)17-31-18-27(15-7-10-20(16-27)19-8-2-1-3-9-19)23-13-6-12-22-21-11-4-5-14-24(21)30-26(22)23/h1-15H,16-18H2,(H,28,29). The lowest BCUT2D eigenvalue weighted by atomic mass is 9.72. The summed E-state index contributed by atoms with van der Waals surface area (Å²) in [5.74, 6) is -0.0487. The lowest BCUT2D eigenvalue weighted by Gasteiger charge is -2.34. The number of hydrogen-bond donors (Lipinski definition) is 1. The van der Waals surface area contributed by atoms with Crippen LogP contribution in [0.2, 0.25) is 0 Å². The van der Waals surface area contributed by atoms with Gasteiger partial charge in [-0.05, 0) is 23.6 Å². The van der Waals surface area contributed by atoms with Gasteiger partial charge in [0.15, 0.2) is 0 Å². The molecule has 0 spiro atoms. The zero-order valence-electron chi connectivity index (χ0n) is 17.0. The van der Waals surface area contributed by atoms with Crippen molar-refractivity contribution < 1.29 is 14.3 Å². The number of fused-ring (bicyclic) bond motifs is 3. The van der Waals surface area contributed by atoms with E-state index in [-0.39, 0.29) is 11.2 Å². The van der Waals surface area contributed by atoms with Crippen LogP contribution in [0.25, 0.3) is 27.5 Å². The third kappa shape index (κ3) is 3.68. The summed E-state index contributed by atoms with van der Waals surface area (Å²) in [5.41, 5.74) is 4.95. The SMILES string of the molecule is O=C(O)CSCC1(c2cccc3c2oc2ccccc23)C=CC=C(c2ccccc2)C1. The van der Waals surface area contributed by atoms with Gasteiger partial charge < -0.3 is 9.52 Å². The minimum absolute atomic E-state index is 0.0794. The van der Waals surface area contributed by atoms with E-state index in [9.17, 15) is 9.90 Å². The van der Waals surface area contributed by atoms with E-state index < -0.39 is 5.97 Å². The molecule has 31 heavy (non-hydrogen) atoms. The monoisotopic (exact) mass is 426 g/mol. The first-order valence-corrected chi connectivity index (χ1v) is 11.5. The Bertz CT molecular complexity index is 1320. The highest BCUT2D eigenvalue weighted by atomic mass is 32.2. The molecule has 0 saturated heterocycles. The summed E-state index contributed by atoms with van der Waals surface area (Å²) in [5, 5.41) is 11.4. The average Bonchev–Trinajstić information content (AvgIpc) is 3.18. The molecule has 3 aromatic carbocycles. The van der Waals surface area contributed by atoms with Crippen LogP contribution in [0.4, 0.5) is 0 Å². The smallest absolute Gasteiger partial charge is 0.313 e. The Balaban J connectivity index is 1.64. The Labute approximate surface area is 185 Å². The van der Waals surface area contributed by atoms with Crippen molar-refractivity contribution in [1.29, 1.82) is 0 Å². The first kappa shape index (κ1) is 19.7. The maximum atomic E-state index is 11.2. The lowest BCUT2D eigenvalue weighted by Crippen LogP contribution is -2.29. The molecule has 1 aromatic heterocycles. The van der Waals surface area contributed by atoms with E-state index >= 15 is 0 Å². The summed E-state index contributed by atoms with van der Waals surface area (Å²) >= 11 is 1.45. The van der Waals surface area contributed by atoms with Crippen molar-refractivity contribution in [3.63, 3.8) is 0 Å². The van der Waals surface area contributed by atoms with Gasteiger partial charge in [-0.2, -0.15) is 0 Å². The van der Waals surface area contributed by atoms with Gasteiger partial charge >= 0.3 is 5.97 Å². The van der Waals surface area contributed by atoms with E-state index in [2.05, 4.69) is 66.8 Å². The van der Waals surface area contributed by atoms with Gasteiger partial charge in [-0.3, -0.25) is 4.79 Å². The number of thioether (sulfide) groups is 1. The summed E-state index contributed by atoms with van der Waals surface area (Å²) < 4.78 is 6.35. The van der Waals surface area contributed by atoms with Crippen molar-refractivity contribution in [2.24, 2.45) is 0 Å². The van der Waals surface area contributed by atoms with E-state index in [1.54, 1.807) is 0 Å². The maximum Gasteiger partial charge on any atom is 0.313 e. The van der Waals surface area contributed by atoms with E-state index in [1.165, 1.54) is 22.9 Å². The highest BCUT2D eigenvalue weighted by molar-refractivity contribution is 8.00. The van der Waals surface area contributed by atoms with Crippen LogP contribution in [-0.2, 0) is 10.2 Å². The first-order valence-electron chi connectivity index (χ1n) is 10.3. The number of allylic oxidation sites excluding steroid dienone is 4. The second kappa shape index (κ2) is 8.12. The largest absolute Gasteiger partial charge is 0.481 e. The van der Waals surface area contributed by atoms with Crippen molar-refractivity contribution in [1.82, 2.24) is 0 Å². The van der Waals surface area contributed by atoms with E-state index in [0.29, 0.717) is 5.75 Å². The molecule has 4 heteroatoms. The Morgan fingerprint density at radius 2 is 1.74 bits per heavy atom. The van der Waals surface area contributed by atoms with Crippen molar-refractivity contribution in [3.8, 4) is 0 Å². The van der Waals surface area contributed by atoms with Crippen molar-refractivity contribution in [3.05, 3.63) is 102 Å². The molecule has 3 nitrogen and oxygen atoms in total. The number of furan rings is 1. The second-order valence-corrected chi connectivity index (χ2v) is 8.90. The first-order chi connectivity index (χ1) is 15.2. The summed E-state index contributed by atoms with van der Waals surface area (Å²) in [6.45, 7) is 0. The molecule has 1 aliphatic carbocycles. The quantitative estimate of drug-likeness (QED) is 0.373. The van der Waals surface area contributed by atoms with Crippen molar-refractivity contribution in [2.45, 2.75) is 11.8 Å². The minimum Gasteiger partial charge on any atom is -0.481 e. The number of rotatable bonds is 6. The predicted octanol–water partition coefficient (Wildman–Crippen LogP) is 6.69. The molecule has 5 rings (SSSR count). The molecular weight excluding hydrogens is 404 g/mol. The summed E-state index contributed by atoms with van der Waals surface area (Å²) in [6.07, 6.45) is 7.27. The van der Waals surface area contributed by atoms with E-state index in [1.807, 2.05) is 24.3 Å². The molecule has 0 bridgehead atoms. The molecular formula is C27H22O3S. The Morgan fingerprint density at radius 3 is 2.58 bits per heavy atom. The van der Waals surface area contributed by atoms with Crippen LogP contribution in [0.3, 0.4) is 0 Å². The molecule has 0 fully saturated rings. The van der Waals surface area contributed by atoms with Crippen LogP contribution in [0.5, 0.6) is 0 Å². The third-order valence-electron chi connectivity index (χ3n) is 5.89.